The van der Waals surface area contributed by atoms with E-state index in [1.807, 2.05) is 0 Å². The number of carbonyl (C=O) groups excluding carboxylic acids is 3. The number of rotatable bonds is 3. The quantitative estimate of drug-likeness (QED) is 0.837. The Morgan fingerprint density at radius 1 is 1.26 bits per heavy atom. The van der Waals surface area contributed by atoms with Crippen LogP contribution in [0.2, 0.25) is 0 Å². The van der Waals surface area contributed by atoms with Crippen LogP contribution in [0.3, 0.4) is 0 Å². The smallest absolute Gasteiger partial charge is 0.324 e. The molecule has 1 aromatic rings. The van der Waals surface area contributed by atoms with Crippen molar-refractivity contribution in [1.29, 1.82) is 0 Å². The molecule has 1 spiro atoms. The zero-order valence-corrected chi connectivity index (χ0v) is 12.8. The lowest BCUT2D eigenvalue weighted by atomic mass is 9.97. The summed E-state index contributed by atoms with van der Waals surface area (Å²) in [7, 11) is 0. The van der Waals surface area contributed by atoms with Gasteiger partial charge < -0.3 is 10.6 Å². The third-order valence-corrected chi connectivity index (χ3v) is 4.53. The van der Waals surface area contributed by atoms with Gasteiger partial charge in [-0.25, -0.2) is 14.1 Å². The van der Waals surface area contributed by atoms with Crippen molar-refractivity contribution in [3.63, 3.8) is 0 Å². The third-order valence-electron chi connectivity index (χ3n) is 4.53. The van der Waals surface area contributed by atoms with Crippen molar-refractivity contribution in [1.82, 2.24) is 10.2 Å². The highest BCUT2D eigenvalue weighted by Gasteiger charge is 2.54. The summed E-state index contributed by atoms with van der Waals surface area (Å²) in [5.74, 6) is -1.23. The van der Waals surface area contributed by atoms with Crippen LogP contribution in [0.1, 0.15) is 32.6 Å². The second-order valence-electron chi connectivity index (χ2n) is 6.07. The molecule has 2 aliphatic rings. The fraction of sp³-hybridized carbons (Fsp3) is 0.438. The molecule has 1 aliphatic carbocycles. The Hall–Kier alpha value is -2.44. The summed E-state index contributed by atoms with van der Waals surface area (Å²) in [6.45, 7) is 1.50. The standard InChI is InChI=1S/C16H18FN3O3/c1-10(13(21)18-12-6-4-11(17)5-7-12)20-14(22)16(19-15(20)23)8-2-3-9-16/h4-7,10H,2-3,8-9H2,1H3,(H,18,21)(H,19,23). The number of halogens is 1. The zero-order chi connectivity index (χ0) is 16.6. The minimum Gasteiger partial charge on any atom is -0.324 e. The average molecular weight is 319 g/mol. The van der Waals surface area contributed by atoms with Gasteiger partial charge in [0, 0.05) is 5.69 Å². The van der Waals surface area contributed by atoms with E-state index in [0.29, 0.717) is 18.5 Å². The first-order valence-electron chi connectivity index (χ1n) is 7.65. The van der Waals surface area contributed by atoms with Crippen molar-refractivity contribution < 1.29 is 18.8 Å². The molecule has 1 aliphatic heterocycles. The predicted molar refractivity (Wildman–Crippen MR) is 81.1 cm³/mol. The van der Waals surface area contributed by atoms with E-state index >= 15 is 0 Å². The van der Waals surface area contributed by atoms with Crippen LogP contribution in [0.4, 0.5) is 14.9 Å². The van der Waals surface area contributed by atoms with Gasteiger partial charge >= 0.3 is 6.03 Å². The van der Waals surface area contributed by atoms with E-state index in [-0.39, 0.29) is 5.91 Å². The Morgan fingerprint density at radius 2 is 1.87 bits per heavy atom. The van der Waals surface area contributed by atoms with Crippen LogP contribution in [0.5, 0.6) is 0 Å². The number of carbonyl (C=O) groups is 3. The van der Waals surface area contributed by atoms with Crippen molar-refractivity contribution in [2.24, 2.45) is 0 Å². The average Bonchev–Trinajstić information content (AvgIpc) is 3.07. The summed E-state index contributed by atoms with van der Waals surface area (Å²) in [6, 6.07) is 3.82. The van der Waals surface area contributed by atoms with E-state index < -0.39 is 29.3 Å². The molecule has 0 aromatic heterocycles. The van der Waals surface area contributed by atoms with Crippen LogP contribution in [-0.4, -0.2) is 34.3 Å². The Labute approximate surface area is 133 Å². The van der Waals surface area contributed by atoms with Crippen molar-refractivity contribution in [2.45, 2.75) is 44.2 Å². The minimum atomic E-state index is -0.937. The molecule has 1 atom stereocenters. The molecule has 2 fully saturated rings. The molecule has 4 amide bonds. The van der Waals surface area contributed by atoms with Gasteiger partial charge in [-0.3, -0.25) is 9.59 Å². The van der Waals surface area contributed by atoms with Crippen molar-refractivity contribution in [2.75, 3.05) is 5.32 Å². The molecule has 1 unspecified atom stereocenters. The second kappa shape index (κ2) is 5.64. The first-order valence-corrected chi connectivity index (χ1v) is 7.65. The topological polar surface area (TPSA) is 78.5 Å². The maximum absolute atomic E-state index is 12.9. The summed E-state index contributed by atoms with van der Waals surface area (Å²) in [6.07, 6.45) is 2.99. The Kier molecular flexibility index (Phi) is 3.79. The molecule has 7 heteroatoms. The van der Waals surface area contributed by atoms with Crippen LogP contribution in [0.15, 0.2) is 24.3 Å². The molecule has 1 saturated heterocycles. The second-order valence-corrected chi connectivity index (χ2v) is 6.07. The van der Waals surface area contributed by atoms with Gasteiger partial charge in [-0.05, 0) is 44.0 Å². The number of benzene rings is 1. The molecule has 0 bridgehead atoms. The highest BCUT2D eigenvalue weighted by atomic mass is 19.1. The number of anilines is 1. The summed E-state index contributed by atoms with van der Waals surface area (Å²) in [4.78, 5) is 38.0. The SMILES string of the molecule is CC(C(=O)Nc1ccc(F)cc1)N1C(=O)NC2(CCCC2)C1=O. The highest BCUT2D eigenvalue weighted by Crippen LogP contribution is 2.35. The molecule has 1 aromatic carbocycles. The number of amides is 4. The third kappa shape index (κ3) is 2.67. The number of hydrogen-bond acceptors (Lipinski definition) is 3. The Morgan fingerprint density at radius 3 is 2.48 bits per heavy atom. The summed E-state index contributed by atoms with van der Waals surface area (Å²) in [5, 5.41) is 5.33. The molecule has 122 valence electrons. The van der Waals surface area contributed by atoms with Crippen LogP contribution in [0.25, 0.3) is 0 Å². The van der Waals surface area contributed by atoms with Gasteiger partial charge in [0.1, 0.15) is 17.4 Å². The van der Waals surface area contributed by atoms with Crippen LogP contribution in [-0.2, 0) is 9.59 Å². The van der Waals surface area contributed by atoms with E-state index in [9.17, 15) is 18.8 Å². The lowest BCUT2D eigenvalue weighted by Gasteiger charge is -2.23. The van der Waals surface area contributed by atoms with Gasteiger partial charge in [0.2, 0.25) is 5.91 Å². The van der Waals surface area contributed by atoms with Gasteiger partial charge in [-0.2, -0.15) is 0 Å². The van der Waals surface area contributed by atoms with E-state index in [0.717, 1.165) is 17.7 Å². The fourth-order valence-electron chi connectivity index (χ4n) is 3.21. The van der Waals surface area contributed by atoms with Gasteiger partial charge in [0.05, 0.1) is 0 Å². The minimum absolute atomic E-state index is 0.332. The van der Waals surface area contributed by atoms with Crippen LogP contribution >= 0.6 is 0 Å². The van der Waals surface area contributed by atoms with Gasteiger partial charge in [-0.1, -0.05) is 12.8 Å². The van der Waals surface area contributed by atoms with Crippen LogP contribution < -0.4 is 10.6 Å². The van der Waals surface area contributed by atoms with Crippen molar-refractivity contribution in [3.05, 3.63) is 30.1 Å². The van der Waals surface area contributed by atoms with E-state index in [4.69, 9.17) is 0 Å². The maximum Gasteiger partial charge on any atom is 0.325 e. The fourth-order valence-corrected chi connectivity index (χ4v) is 3.21. The largest absolute Gasteiger partial charge is 0.325 e. The molecule has 6 nitrogen and oxygen atoms in total. The molecular weight excluding hydrogens is 301 g/mol. The first-order chi connectivity index (χ1) is 10.9. The number of nitrogens with one attached hydrogen (secondary N) is 2. The van der Waals surface area contributed by atoms with Gasteiger partial charge in [0.15, 0.2) is 0 Å². The number of urea groups is 1. The Bertz CT molecular complexity index is 653. The summed E-state index contributed by atoms with van der Waals surface area (Å²) in [5.41, 5.74) is -0.424. The van der Waals surface area contributed by atoms with E-state index in [1.54, 1.807) is 0 Å². The maximum atomic E-state index is 12.9. The van der Waals surface area contributed by atoms with E-state index in [2.05, 4.69) is 10.6 Å². The molecule has 2 N–H and O–H groups in total. The van der Waals surface area contributed by atoms with Crippen LogP contribution in [0, 0.1) is 5.82 Å². The Balaban J connectivity index is 1.73. The molecule has 23 heavy (non-hydrogen) atoms. The summed E-state index contributed by atoms with van der Waals surface area (Å²) < 4.78 is 12.9. The molecule has 1 heterocycles. The summed E-state index contributed by atoms with van der Waals surface area (Å²) >= 11 is 0. The molecule has 3 rings (SSSR count). The molecule has 0 radical (unpaired) electrons. The molecule has 1 saturated carbocycles. The lowest BCUT2D eigenvalue weighted by Crippen LogP contribution is -2.48. The number of imide groups is 1. The highest BCUT2D eigenvalue weighted by molar-refractivity contribution is 6.11. The number of nitrogens with zero attached hydrogens (tertiary/aromatic N) is 1. The zero-order valence-electron chi connectivity index (χ0n) is 12.8. The number of hydrogen-bond donors (Lipinski definition) is 2. The monoisotopic (exact) mass is 319 g/mol. The van der Waals surface area contributed by atoms with Crippen molar-refractivity contribution in [3.8, 4) is 0 Å². The normalized spacial score (nSPS) is 20.7. The van der Waals surface area contributed by atoms with Gasteiger partial charge in [-0.15, -0.1) is 0 Å². The first kappa shape index (κ1) is 15.5. The van der Waals surface area contributed by atoms with Gasteiger partial charge in [0.25, 0.3) is 5.91 Å². The molecular formula is C16H18FN3O3. The van der Waals surface area contributed by atoms with Crippen molar-refractivity contribution >= 4 is 23.5 Å². The lowest BCUT2D eigenvalue weighted by molar-refractivity contribution is -0.136. The van der Waals surface area contributed by atoms with E-state index in [1.165, 1.54) is 31.2 Å². The predicted octanol–water partition coefficient (Wildman–Crippen LogP) is 2.02.